The summed E-state index contributed by atoms with van der Waals surface area (Å²) in [7, 11) is 0. The van der Waals surface area contributed by atoms with Gasteiger partial charge in [0.25, 0.3) is 5.91 Å². The Hall–Kier alpha value is -3.61. The van der Waals surface area contributed by atoms with Crippen LogP contribution in [0.3, 0.4) is 0 Å². The van der Waals surface area contributed by atoms with Gasteiger partial charge in [-0.25, -0.2) is 13.2 Å². The average molecular weight is 438 g/mol. The van der Waals surface area contributed by atoms with E-state index in [0.717, 1.165) is 6.07 Å². The van der Waals surface area contributed by atoms with Gasteiger partial charge in [0.2, 0.25) is 5.91 Å². The molecule has 32 heavy (non-hydrogen) atoms. The highest BCUT2D eigenvalue weighted by Gasteiger charge is 2.30. The maximum atomic E-state index is 14.6. The number of amides is 2. The van der Waals surface area contributed by atoms with Crippen LogP contribution in [-0.2, 0) is 4.79 Å². The van der Waals surface area contributed by atoms with Crippen molar-refractivity contribution < 1.29 is 22.8 Å². The van der Waals surface area contributed by atoms with Crippen LogP contribution >= 0.6 is 0 Å². The highest BCUT2D eigenvalue weighted by Crippen LogP contribution is 2.32. The van der Waals surface area contributed by atoms with Crippen molar-refractivity contribution in [3.63, 3.8) is 0 Å². The Morgan fingerprint density at radius 2 is 1.62 bits per heavy atom. The molecule has 1 saturated heterocycles. The summed E-state index contributed by atoms with van der Waals surface area (Å²) in [6.45, 7) is 0.631. The number of nitrogens with one attached hydrogen (secondary N) is 1. The molecule has 0 aliphatic carbocycles. The quantitative estimate of drug-likeness (QED) is 0.604. The Labute approximate surface area is 183 Å². The van der Waals surface area contributed by atoms with Gasteiger partial charge in [0.1, 0.15) is 17.5 Å². The summed E-state index contributed by atoms with van der Waals surface area (Å²) in [5, 5.41) is 2.61. The number of halogens is 3. The van der Waals surface area contributed by atoms with E-state index in [-0.39, 0.29) is 23.7 Å². The zero-order valence-corrected chi connectivity index (χ0v) is 17.2. The number of likely N-dealkylation sites (tertiary alicyclic amines) is 1. The number of rotatable bonds is 4. The van der Waals surface area contributed by atoms with Crippen LogP contribution in [0.5, 0.6) is 0 Å². The van der Waals surface area contributed by atoms with Gasteiger partial charge < -0.3 is 10.2 Å². The molecule has 0 aromatic heterocycles. The molecule has 4 nitrogen and oxygen atoms in total. The van der Waals surface area contributed by atoms with E-state index in [4.69, 9.17) is 0 Å². The first-order chi connectivity index (χ1) is 15.4. The molecule has 1 unspecified atom stereocenters. The lowest BCUT2D eigenvalue weighted by atomic mass is 9.95. The minimum atomic E-state index is -0.868. The van der Waals surface area contributed by atoms with Crippen molar-refractivity contribution >= 4 is 17.5 Å². The molecule has 2 amide bonds. The lowest BCUT2D eigenvalue weighted by Crippen LogP contribution is -2.43. The summed E-state index contributed by atoms with van der Waals surface area (Å²) in [6.07, 6.45) is 1.13. The maximum Gasteiger partial charge on any atom is 0.253 e. The summed E-state index contributed by atoms with van der Waals surface area (Å²) in [5.41, 5.74) is 1.05. The third kappa shape index (κ3) is 4.66. The predicted molar refractivity (Wildman–Crippen MR) is 115 cm³/mol. The lowest BCUT2D eigenvalue weighted by molar-refractivity contribution is -0.121. The third-order valence-corrected chi connectivity index (χ3v) is 5.56. The zero-order chi connectivity index (χ0) is 22.7. The van der Waals surface area contributed by atoms with Gasteiger partial charge in [-0.05, 0) is 48.7 Å². The third-order valence-electron chi connectivity index (χ3n) is 5.56. The molecular formula is C25H21F3N2O2. The molecule has 1 heterocycles. The Morgan fingerprint density at radius 1 is 0.906 bits per heavy atom. The molecule has 1 fully saturated rings. The fraction of sp³-hybridized carbons (Fsp3) is 0.200. The van der Waals surface area contributed by atoms with Gasteiger partial charge >= 0.3 is 0 Å². The molecule has 0 bridgehead atoms. The first-order valence-electron chi connectivity index (χ1n) is 10.3. The molecule has 4 rings (SSSR count). The second-order valence-electron chi connectivity index (χ2n) is 7.76. The number of nitrogens with zero attached hydrogens (tertiary/aromatic N) is 1. The van der Waals surface area contributed by atoms with Gasteiger partial charge in [-0.1, -0.05) is 30.3 Å². The fourth-order valence-electron chi connectivity index (χ4n) is 3.92. The minimum Gasteiger partial charge on any atom is -0.338 e. The van der Waals surface area contributed by atoms with E-state index < -0.39 is 29.3 Å². The molecule has 1 aliphatic heterocycles. The van der Waals surface area contributed by atoms with Crippen molar-refractivity contribution in [2.45, 2.75) is 12.8 Å². The summed E-state index contributed by atoms with van der Waals surface area (Å²) >= 11 is 0. The van der Waals surface area contributed by atoms with E-state index in [1.54, 1.807) is 35.2 Å². The summed E-state index contributed by atoms with van der Waals surface area (Å²) in [5.74, 6) is -3.33. The van der Waals surface area contributed by atoms with Crippen molar-refractivity contribution in [3.05, 3.63) is 89.7 Å². The van der Waals surface area contributed by atoms with E-state index in [1.165, 1.54) is 30.3 Å². The van der Waals surface area contributed by atoms with Gasteiger partial charge in [-0.3, -0.25) is 9.59 Å². The van der Waals surface area contributed by atoms with Crippen molar-refractivity contribution in [1.29, 1.82) is 0 Å². The standard InChI is InChI=1S/C25H21F3N2O2/c26-19-10-8-17(9-11-19)25(32)30-12-4-7-18(15-30)24(31)29-23-21(13-20(27)14-22(23)28)16-5-2-1-3-6-16/h1-3,5-6,8-11,13-14,18H,4,7,12,15H2,(H,29,31). The molecule has 164 valence electrons. The average Bonchev–Trinajstić information content (AvgIpc) is 2.81. The topological polar surface area (TPSA) is 49.4 Å². The molecule has 7 heteroatoms. The molecule has 3 aromatic rings. The Balaban J connectivity index is 1.53. The molecule has 0 spiro atoms. The smallest absolute Gasteiger partial charge is 0.253 e. The van der Waals surface area contributed by atoms with Crippen molar-refractivity contribution in [2.24, 2.45) is 5.92 Å². The Kier molecular flexibility index (Phi) is 6.25. The first kappa shape index (κ1) is 21.6. The van der Waals surface area contributed by atoms with Gasteiger partial charge in [0.05, 0.1) is 11.6 Å². The van der Waals surface area contributed by atoms with Crippen molar-refractivity contribution in [2.75, 3.05) is 18.4 Å². The van der Waals surface area contributed by atoms with Gasteiger partial charge in [-0.2, -0.15) is 0 Å². The van der Waals surface area contributed by atoms with Crippen LogP contribution in [0.25, 0.3) is 11.1 Å². The normalized spacial score (nSPS) is 16.0. The van der Waals surface area contributed by atoms with E-state index in [2.05, 4.69) is 5.32 Å². The minimum absolute atomic E-state index is 0.0930. The Morgan fingerprint density at radius 3 is 2.34 bits per heavy atom. The summed E-state index contributed by atoms with van der Waals surface area (Å²) in [6, 6.07) is 15.8. The second-order valence-corrected chi connectivity index (χ2v) is 7.76. The van der Waals surface area contributed by atoms with Crippen LogP contribution in [0.4, 0.5) is 18.9 Å². The molecule has 3 aromatic carbocycles. The lowest BCUT2D eigenvalue weighted by Gasteiger charge is -2.32. The van der Waals surface area contributed by atoms with E-state index in [1.807, 2.05) is 0 Å². The van der Waals surface area contributed by atoms with E-state index in [9.17, 15) is 22.8 Å². The molecular weight excluding hydrogens is 417 g/mol. The largest absolute Gasteiger partial charge is 0.338 e. The van der Waals surface area contributed by atoms with Crippen LogP contribution in [-0.4, -0.2) is 29.8 Å². The van der Waals surface area contributed by atoms with Gasteiger partial charge in [-0.15, -0.1) is 0 Å². The highest BCUT2D eigenvalue weighted by molar-refractivity contribution is 5.98. The van der Waals surface area contributed by atoms with Crippen LogP contribution in [0, 0.1) is 23.4 Å². The van der Waals surface area contributed by atoms with Crippen LogP contribution in [0.2, 0.25) is 0 Å². The van der Waals surface area contributed by atoms with Crippen molar-refractivity contribution in [1.82, 2.24) is 4.90 Å². The van der Waals surface area contributed by atoms with Gasteiger partial charge in [0.15, 0.2) is 0 Å². The zero-order valence-electron chi connectivity index (χ0n) is 17.2. The predicted octanol–water partition coefficient (Wildman–Crippen LogP) is 5.26. The van der Waals surface area contributed by atoms with Crippen molar-refractivity contribution in [3.8, 4) is 11.1 Å². The summed E-state index contributed by atoms with van der Waals surface area (Å²) in [4.78, 5) is 27.3. The SMILES string of the molecule is O=C(Nc1c(F)cc(F)cc1-c1ccccc1)C1CCCN(C(=O)c2ccc(F)cc2)C1. The first-order valence-corrected chi connectivity index (χ1v) is 10.3. The molecule has 1 N–H and O–H groups in total. The van der Waals surface area contributed by atoms with Crippen LogP contribution < -0.4 is 5.32 Å². The number of carbonyl (C=O) groups excluding carboxylic acids is 2. The highest BCUT2D eigenvalue weighted by atomic mass is 19.1. The summed E-state index contributed by atoms with van der Waals surface area (Å²) < 4.78 is 41.7. The maximum absolute atomic E-state index is 14.6. The number of benzene rings is 3. The molecule has 1 atom stereocenters. The number of piperidine rings is 1. The number of hydrogen-bond donors (Lipinski definition) is 1. The fourth-order valence-corrected chi connectivity index (χ4v) is 3.92. The Bertz CT molecular complexity index is 1130. The van der Waals surface area contributed by atoms with Crippen LogP contribution in [0.15, 0.2) is 66.7 Å². The number of anilines is 1. The molecule has 0 radical (unpaired) electrons. The second kappa shape index (κ2) is 9.26. The monoisotopic (exact) mass is 438 g/mol. The number of hydrogen-bond acceptors (Lipinski definition) is 2. The number of carbonyl (C=O) groups is 2. The molecule has 1 aliphatic rings. The van der Waals surface area contributed by atoms with Crippen LogP contribution in [0.1, 0.15) is 23.2 Å². The van der Waals surface area contributed by atoms with E-state index >= 15 is 0 Å². The van der Waals surface area contributed by atoms with E-state index in [0.29, 0.717) is 30.5 Å². The van der Waals surface area contributed by atoms with Gasteiger partial charge in [0, 0.05) is 30.3 Å². The molecule has 0 saturated carbocycles.